The number of carbonyl (C=O) groups excluding carboxylic acids is 1. The normalized spacial score (nSPS) is 10.4. The molecule has 0 atom stereocenters. The lowest BCUT2D eigenvalue weighted by Gasteiger charge is -2.07. The summed E-state index contributed by atoms with van der Waals surface area (Å²) in [5, 5.41) is 0. The van der Waals surface area contributed by atoms with E-state index in [1.54, 1.807) is 18.2 Å². The third-order valence-electron chi connectivity index (χ3n) is 2.86. The van der Waals surface area contributed by atoms with Crippen molar-refractivity contribution in [3.63, 3.8) is 0 Å². The molecule has 2 aromatic rings. The van der Waals surface area contributed by atoms with Crippen molar-refractivity contribution in [2.75, 3.05) is 7.11 Å². The van der Waals surface area contributed by atoms with Crippen LogP contribution in [0.15, 0.2) is 40.9 Å². The van der Waals surface area contributed by atoms with Gasteiger partial charge in [-0.25, -0.2) is 8.78 Å². The van der Waals surface area contributed by atoms with Crippen molar-refractivity contribution in [1.29, 1.82) is 0 Å². The van der Waals surface area contributed by atoms with Crippen molar-refractivity contribution in [3.05, 3.63) is 63.6 Å². The van der Waals surface area contributed by atoms with Gasteiger partial charge < -0.3 is 4.74 Å². The molecule has 0 saturated carbocycles. The van der Waals surface area contributed by atoms with E-state index in [-0.39, 0.29) is 12.0 Å². The lowest BCUT2D eigenvalue weighted by molar-refractivity contribution is 0.0988. The second kappa shape index (κ2) is 6.13. The van der Waals surface area contributed by atoms with Crippen LogP contribution in [0.4, 0.5) is 8.78 Å². The molecule has 0 radical (unpaired) electrons. The van der Waals surface area contributed by atoms with Crippen LogP contribution in [0.5, 0.6) is 5.75 Å². The molecule has 0 unspecified atom stereocenters. The Morgan fingerprint density at radius 1 is 1.25 bits per heavy atom. The molecule has 0 saturated heterocycles. The van der Waals surface area contributed by atoms with E-state index >= 15 is 0 Å². The second-order valence-corrected chi connectivity index (χ2v) is 5.01. The quantitative estimate of drug-likeness (QED) is 0.781. The van der Waals surface area contributed by atoms with E-state index in [4.69, 9.17) is 4.74 Å². The van der Waals surface area contributed by atoms with Gasteiger partial charge in [-0.05, 0) is 35.9 Å². The zero-order chi connectivity index (χ0) is 14.7. The van der Waals surface area contributed by atoms with Crippen LogP contribution in [0.1, 0.15) is 15.9 Å². The molecule has 0 amide bonds. The number of Topliss-reactive ketones (excluding diaryl/α,β-unsaturated/α-hetero) is 1. The van der Waals surface area contributed by atoms with Crippen molar-refractivity contribution in [3.8, 4) is 5.75 Å². The lowest BCUT2D eigenvalue weighted by atomic mass is 10.0. The van der Waals surface area contributed by atoms with Crippen LogP contribution in [0.2, 0.25) is 0 Å². The number of hydrogen-bond donors (Lipinski definition) is 0. The third kappa shape index (κ3) is 3.04. The predicted molar refractivity (Wildman–Crippen MR) is 75.1 cm³/mol. The van der Waals surface area contributed by atoms with E-state index in [0.29, 0.717) is 15.8 Å². The van der Waals surface area contributed by atoms with Crippen LogP contribution in [0.25, 0.3) is 0 Å². The highest BCUT2D eigenvalue weighted by Gasteiger charge is 2.16. The van der Waals surface area contributed by atoms with Crippen molar-refractivity contribution in [2.24, 2.45) is 0 Å². The van der Waals surface area contributed by atoms with Gasteiger partial charge in [0.2, 0.25) is 0 Å². The monoisotopic (exact) mass is 340 g/mol. The Hall–Kier alpha value is -1.75. The van der Waals surface area contributed by atoms with Crippen LogP contribution in [0.3, 0.4) is 0 Å². The SMILES string of the molecule is COc1ccc(Br)c(CC(=O)c2cccc(F)c2F)c1. The topological polar surface area (TPSA) is 26.3 Å². The number of halogens is 3. The fourth-order valence-corrected chi connectivity index (χ4v) is 2.19. The van der Waals surface area contributed by atoms with Gasteiger partial charge in [0.25, 0.3) is 0 Å². The molecule has 2 aromatic carbocycles. The molecule has 104 valence electrons. The van der Waals surface area contributed by atoms with Crippen LogP contribution in [0, 0.1) is 11.6 Å². The van der Waals surface area contributed by atoms with Crippen LogP contribution >= 0.6 is 15.9 Å². The molecule has 5 heteroatoms. The Morgan fingerprint density at radius 3 is 2.70 bits per heavy atom. The van der Waals surface area contributed by atoms with Crippen LogP contribution in [-0.2, 0) is 6.42 Å². The first-order chi connectivity index (χ1) is 9.52. The zero-order valence-corrected chi connectivity index (χ0v) is 12.2. The summed E-state index contributed by atoms with van der Waals surface area (Å²) in [4.78, 5) is 12.1. The molecule has 0 aliphatic carbocycles. The van der Waals surface area contributed by atoms with Gasteiger partial charge in [0.05, 0.1) is 12.7 Å². The standard InChI is InChI=1S/C15H11BrF2O2/c1-20-10-5-6-12(16)9(7-10)8-14(19)11-3-2-4-13(17)15(11)18/h2-7H,8H2,1H3. The molecule has 20 heavy (non-hydrogen) atoms. The highest BCUT2D eigenvalue weighted by molar-refractivity contribution is 9.10. The first kappa shape index (κ1) is 14.7. The number of benzene rings is 2. The largest absolute Gasteiger partial charge is 0.497 e. The number of rotatable bonds is 4. The van der Waals surface area contributed by atoms with Crippen molar-refractivity contribution >= 4 is 21.7 Å². The smallest absolute Gasteiger partial charge is 0.170 e. The summed E-state index contributed by atoms with van der Waals surface area (Å²) < 4.78 is 32.5. The van der Waals surface area contributed by atoms with Crippen molar-refractivity contribution in [2.45, 2.75) is 6.42 Å². The average Bonchev–Trinajstić information content (AvgIpc) is 2.44. The van der Waals surface area contributed by atoms with E-state index in [1.165, 1.54) is 19.2 Å². The van der Waals surface area contributed by atoms with Gasteiger partial charge in [-0.1, -0.05) is 22.0 Å². The summed E-state index contributed by atoms with van der Waals surface area (Å²) in [6, 6.07) is 8.72. The van der Waals surface area contributed by atoms with Gasteiger partial charge in [0, 0.05) is 10.9 Å². The minimum Gasteiger partial charge on any atom is -0.497 e. The maximum Gasteiger partial charge on any atom is 0.170 e. The molecule has 2 nitrogen and oxygen atoms in total. The zero-order valence-electron chi connectivity index (χ0n) is 10.6. The van der Waals surface area contributed by atoms with E-state index in [2.05, 4.69) is 15.9 Å². The summed E-state index contributed by atoms with van der Waals surface area (Å²) >= 11 is 3.32. The molecule has 0 aromatic heterocycles. The van der Waals surface area contributed by atoms with Gasteiger partial charge in [-0.2, -0.15) is 0 Å². The first-order valence-electron chi connectivity index (χ1n) is 5.82. The predicted octanol–water partition coefficient (Wildman–Crippen LogP) is 4.16. The number of ketones is 1. The average molecular weight is 341 g/mol. The fraction of sp³-hybridized carbons (Fsp3) is 0.133. The van der Waals surface area contributed by atoms with Gasteiger partial charge in [-0.3, -0.25) is 4.79 Å². The van der Waals surface area contributed by atoms with Crippen LogP contribution < -0.4 is 4.74 Å². The molecular formula is C15H11BrF2O2. The molecule has 0 aliphatic rings. The van der Waals surface area contributed by atoms with Gasteiger partial charge >= 0.3 is 0 Å². The van der Waals surface area contributed by atoms with E-state index in [0.717, 1.165) is 6.07 Å². The number of ether oxygens (including phenoxy) is 1. The minimum atomic E-state index is -1.11. The van der Waals surface area contributed by atoms with E-state index < -0.39 is 17.4 Å². The van der Waals surface area contributed by atoms with E-state index in [9.17, 15) is 13.6 Å². The summed E-state index contributed by atoms with van der Waals surface area (Å²) in [6.45, 7) is 0. The maximum absolute atomic E-state index is 13.6. The highest BCUT2D eigenvalue weighted by Crippen LogP contribution is 2.24. The maximum atomic E-state index is 13.6. The minimum absolute atomic E-state index is 0.0435. The Kier molecular flexibility index (Phi) is 4.49. The molecular weight excluding hydrogens is 330 g/mol. The number of carbonyl (C=O) groups is 1. The summed E-state index contributed by atoms with van der Waals surface area (Å²) in [6.07, 6.45) is -0.0435. The van der Waals surface area contributed by atoms with Crippen LogP contribution in [-0.4, -0.2) is 12.9 Å². The molecule has 0 spiro atoms. The Labute approximate surface area is 123 Å². The molecule has 0 heterocycles. The first-order valence-corrected chi connectivity index (χ1v) is 6.62. The van der Waals surface area contributed by atoms with E-state index in [1.807, 2.05) is 0 Å². The van der Waals surface area contributed by atoms with Crippen molar-refractivity contribution < 1.29 is 18.3 Å². The third-order valence-corrected chi connectivity index (χ3v) is 3.63. The second-order valence-electron chi connectivity index (χ2n) is 4.16. The fourth-order valence-electron chi connectivity index (χ4n) is 1.80. The molecule has 2 rings (SSSR count). The highest BCUT2D eigenvalue weighted by atomic mass is 79.9. The Morgan fingerprint density at radius 2 is 2.00 bits per heavy atom. The molecule has 0 N–H and O–H groups in total. The molecule has 0 aliphatic heterocycles. The number of methoxy groups -OCH3 is 1. The lowest BCUT2D eigenvalue weighted by Crippen LogP contribution is -2.08. The molecule has 0 bridgehead atoms. The van der Waals surface area contributed by atoms with Crippen molar-refractivity contribution in [1.82, 2.24) is 0 Å². The van der Waals surface area contributed by atoms with Gasteiger partial charge in [0.1, 0.15) is 5.75 Å². The Balaban J connectivity index is 2.30. The Bertz CT molecular complexity index is 656. The summed E-state index contributed by atoms with van der Waals surface area (Å²) in [5.74, 6) is -2.04. The van der Waals surface area contributed by atoms with Gasteiger partial charge in [0.15, 0.2) is 17.4 Å². The molecule has 0 fully saturated rings. The number of hydrogen-bond acceptors (Lipinski definition) is 2. The summed E-state index contributed by atoms with van der Waals surface area (Å²) in [7, 11) is 1.51. The summed E-state index contributed by atoms with van der Waals surface area (Å²) in [5.41, 5.74) is 0.401. The van der Waals surface area contributed by atoms with Gasteiger partial charge in [-0.15, -0.1) is 0 Å².